The largest absolute Gasteiger partial charge is 0.573 e. The molecule has 0 unspecified atom stereocenters. The number of allylic oxidation sites excluding steroid dienone is 1. The smallest absolute Gasteiger partial charge is 0.503 e. The summed E-state index contributed by atoms with van der Waals surface area (Å²) in [5.74, 6) is -0.928. The van der Waals surface area contributed by atoms with Gasteiger partial charge in [0.1, 0.15) is 11.4 Å². The quantitative estimate of drug-likeness (QED) is 0.520. The number of ether oxygens (including phenoxy) is 1. The highest BCUT2D eigenvalue weighted by Gasteiger charge is 2.31. The summed E-state index contributed by atoms with van der Waals surface area (Å²) in [7, 11) is 0. The van der Waals surface area contributed by atoms with E-state index in [1.807, 2.05) is 0 Å². The highest BCUT2D eigenvalue weighted by atomic mass is 19.4. The lowest BCUT2D eigenvalue weighted by Crippen LogP contribution is -2.22. The number of fused-ring (bicyclic) bond motifs is 1. The zero-order chi connectivity index (χ0) is 18.0. The summed E-state index contributed by atoms with van der Waals surface area (Å²) in [6.07, 6.45) is -2.98. The van der Waals surface area contributed by atoms with Crippen LogP contribution in [0.15, 0.2) is 59.4 Å². The van der Waals surface area contributed by atoms with Crippen molar-refractivity contribution in [2.45, 2.75) is 6.36 Å². The number of carbonyl (C=O) groups is 1. The number of benzene rings is 2. The summed E-state index contributed by atoms with van der Waals surface area (Å²) >= 11 is 0. The van der Waals surface area contributed by atoms with Crippen LogP contribution in [0.5, 0.6) is 5.75 Å². The summed E-state index contributed by atoms with van der Waals surface area (Å²) in [6.45, 7) is 0. The van der Waals surface area contributed by atoms with E-state index >= 15 is 0 Å². The molecule has 8 heteroatoms. The number of aliphatic hydroxyl groups is 1. The van der Waals surface area contributed by atoms with Gasteiger partial charge in [-0.05, 0) is 24.3 Å². The number of anilines is 1. The molecule has 5 nitrogen and oxygen atoms in total. The van der Waals surface area contributed by atoms with Gasteiger partial charge in [-0.1, -0.05) is 24.3 Å². The molecule has 0 aromatic heterocycles. The maximum absolute atomic E-state index is 12.2. The highest BCUT2D eigenvalue weighted by Crippen LogP contribution is 2.34. The van der Waals surface area contributed by atoms with Gasteiger partial charge in [-0.3, -0.25) is 4.79 Å². The molecule has 0 saturated carbocycles. The third-order valence-electron chi connectivity index (χ3n) is 3.41. The third kappa shape index (κ3) is 3.47. The van der Waals surface area contributed by atoms with Gasteiger partial charge in [0, 0.05) is 11.1 Å². The number of hydrazone groups is 1. The topological polar surface area (TPSA) is 62.1 Å². The van der Waals surface area contributed by atoms with Crippen LogP contribution in [0.1, 0.15) is 11.1 Å². The van der Waals surface area contributed by atoms with E-state index in [1.54, 1.807) is 24.3 Å². The van der Waals surface area contributed by atoms with Gasteiger partial charge in [0.05, 0.1) is 11.9 Å². The van der Waals surface area contributed by atoms with Crippen LogP contribution < -0.4 is 9.75 Å². The second-order valence-corrected chi connectivity index (χ2v) is 5.04. The number of carbonyl (C=O) groups excluding carboxylic acids is 1. The van der Waals surface area contributed by atoms with Crippen LogP contribution >= 0.6 is 0 Å². The second kappa shape index (κ2) is 6.31. The van der Waals surface area contributed by atoms with Crippen molar-refractivity contribution in [2.24, 2.45) is 5.10 Å². The number of nitrogens with zero attached hydrogens (tertiary/aromatic N) is 2. The van der Waals surface area contributed by atoms with Crippen molar-refractivity contribution in [3.8, 4) is 5.75 Å². The maximum Gasteiger partial charge on any atom is 0.573 e. The van der Waals surface area contributed by atoms with Gasteiger partial charge in [0.25, 0.3) is 0 Å². The fourth-order valence-electron chi connectivity index (χ4n) is 2.40. The predicted molar refractivity (Wildman–Crippen MR) is 85.3 cm³/mol. The predicted octanol–water partition coefficient (Wildman–Crippen LogP) is 3.86. The molecular weight excluding hydrogens is 337 g/mol. The normalized spacial score (nSPS) is 15.6. The SMILES string of the molecule is O=CC(O)=C1c2ccccc2C=NN1c1ccc(OC(F)(F)F)cc1. The Kier molecular flexibility index (Phi) is 4.18. The minimum Gasteiger partial charge on any atom is -0.503 e. The Bertz CT molecular complexity index is 858. The van der Waals surface area contributed by atoms with Crippen molar-refractivity contribution in [2.75, 3.05) is 5.01 Å². The van der Waals surface area contributed by atoms with Crippen LogP contribution in [0.2, 0.25) is 0 Å². The molecule has 0 radical (unpaired) electrons. The Morgan fingerprint density at radius 1 is 1.12 bits per heavy atom. The maximum atomic E-state index is 12.2. The Labute approximate surface area is 140 Å². The Morgan fingerprint density at radius 2 is 1.80 bits per heavy atom. The molecule has 2 aromatic carbocycles. The minimum absolute atomic E-state index is 0.137. The fraction of sp³-hybridized carbons (Fsp3) is 0.0588. The number of halogens is 3. The summed E-state index contributed by atoms with van der Waals surface area (Å²) < 4.78 is 40.5. The van der Waals surface area contributed by atoms with Gasteiger partial charge < -0.3 is 9.84 Å². The molecule has 128 valence electrons. The van der Waals surface area contributed by atoms with Crippen LogP contribution in [-0.2, 0) is 4.79 Å². The van der Waals surface area contributed by atoms with Gasteiger partial charge in [-0.25, -0.2) is 5.01 Å². The number of alkyl halides is 3. The molecule has 0 bridgehead atoms. The summed E-state index contributed by atoms with van der Waals surface area (Å²) in [4.78, 5) is 11.1. The van der Waals surface area contributed by atoms with Crippen LogP contribution in [0, 0.1) is 0 Å². The third-order valence-corrected chi connectivity index (χ3v) is 3.41. The average Bonchev–Trinajstić information content (AvgIpc) is 2.59. The van der Waals surface area contributed by atoms with Crippen molar-refractivity contribution >= 4 is 23.9 Å². The molecule has 0 saturated heterocycles. The van der Waals surface area contributed by atoms with Crippen molar-refractivity contribution in [3.63, 3.8) is 0 Å². The molecule has 1 aliphatic heterocycles. The standard InChI is InChI=1S/C17H11F3N2O3/c18-17(19,20)25-13-7-5-12(6-8-13)22-16(15(24)10-23)14-4-2-1-3-11(14)9-21-22/h1-10,24H. The summed E-state index contributed by atoms with van der Waals surface area (Å²) in [6, 6.07) is 11.9. The molecule has 2 aromatic rings. The molecule has 3 rings (SSSR count). The molecule has 0 aliphatic carbocycles. The minimum atomic E-state index is -4.79. The molecule has 0 fully saturated rings. The molecule has 1 heterocycles. The van der Waals surface area contributed by atoms with Gasteiger partial charge in [-0.15, -0.1) is 13.2 Å². The molecule has 25 heavy (non-hydrogen) atoms. The first-order valence-electron chi connectivity index (χ1n) is 7.07. The molecular formula is C17H11F3N2O3. The van der Waals surface area contributed by atoms with Crippen molar-refractivity contribution in [1.29, 1.82) is 0 Å². The number of aliphatic hydroxyl groups excluding tert-OH is 1. The molecule has 0 atom stereocenters. The first kappa shape index (κ1) is 16.6. The first-order chi connectivity index (χ1) is 11.9. The van der Waals surface area contributed by atoms with E-state index in [-0.39, 0.29) is 17.7 Å². The van der Waals surface area contributed by atoms with Crippen LogP contribution in [0.4, 0.5) is 18.9 Å². The lowest BCUT2D eigenvalue weighted by atomic mass is 10.0. The Hall–Kier alpha value is -3.29. The average molecular weight is 348 g/mol. The van der Waals surface area contributed by atoms with Gasteiger partial charge in [0.15, 0.2) is 12.0 Å². The Balaban J connectivity index is 2.01. The van der Waals surface area contributed by atoms with Crippen LogP contribution in [0.25, 0.3) is 5.70 Å². The van der Waals surface area contributed by atoms with E-state index in [0.717, 1.165) is 12.1 Å². The lowest BCUT2D eigenvalue weighted by molar-refractivity contribution is -0.274. The van der Waals surface area contributed by atoms with Gasteiger partial charge in [-0.2, -0.15) is 5.10 Å². The highest BCUT2D eigenvalue weighted by molar-refractivity contribution is 6.00. The van der Waals surface area contributed by atoms with Gasteiger partial charge >= 0.3 is 6.36 Å². The number of aldehydes is 1. The molecule has 0 spiro atoms. The number of hydrogen-bond acceptors (Lipinski definition) is 5. The zero-order valence-corrected chi connectivity index (χ0v) is 12.6. The van der Waals surface area contributed by atoms with E-state index in [4.69, 9.17) is 0 Å². The van der Waals surface area contributed by atoms with E-state index in [2.05, 4.69) is 9.84 Å². The van der Waals surface area contributed by atoms with E-state index in [9.17, 15) is 23.1 Å². The first-order valence-corrected chi connectivity index (χ1v) is 7.07. The van der Waals surface area contributed by atoms with E-state index in [1.165, 1.54) is 23.4 Å². The van der Waals surface area contributed by atoms with Crippen molar-refractivity contribution < 1.29 is 27.8 Å². The van der Waals surface area contributed by atoms with Gasteiger partial charge in [0.2, 0.25) is 0 Å². The van der Waals surface area contributed by atoms with E-state index in [0.29, 0.717) is 16.8 Å². The number of rotatable bonds is 3. The lowest BCUT2D eigenvalue weighted by Gasteiger charge is -2.27. The summed E-state index contributed by atoms with van der Waals surface area (Å²) in [5.41, 5.74) is 1.75. The second-order valence-electron chi connectivity index (χ2n) is 5.04. The zero-order valence-electron chi connectivity index (χ0n) is 12.6. The van der Waals surface area contributed by atoms with E-state index < -0.39 is 12.1 Å². The molecule has 0 amide bonds. The molecule has 1 N–H and O–H groups in total. The Morgan fingerprint density at radius 3 is 2.44 bits per heavy atom. The van der Waals surface area contributed by atoms with Crippen molar-refractivity contribution in [1.82, 2.24) is 0 Å². The monoisotopic (exact) mass is 348 g/mol. The summed E-state index contributed by atoms with van der Waals surface area (Å²) in [5, 5.41) is 15.4. The fourth-order valence-corrected chi connectivity index (χ4v) is 2.40. The molecule has 1 aliphatic rings. The van der Waals surface area contributed by atoms with Crippen molar-refractivity contribution in [3.05, 3.63) is 65.4 Å². The van der Waals surface area contributed by atoms with Crippen LogP contribution in [-0.4, -0.2) is 24.0 Å². The van der Waals surface area contributed by atoms with Crippen LogP contribution in [0.3, 0.4) is 0 Å². The number of hydrogen-bond donors (Lipinski definition) is 1.